The standard InChI is InChI=1S/C22H19Br2NO3/c1-2-27-21-19(24)11-16(22(26)25-18-10-6-9-17(23)13-18)12-20(21)28-14-15-7-4-3-5-8-15/h3-13H,2,14H2,1H3,(H,25,26). The van der Waals surface area contributed by atoms with Crippen LogP contribution in [-0.4, -0.2) is 12.5 Å². The summed E-state index contributed by atoms with van der Waals surface area (Å²) in [6, 6.07) is 20.7. The van der Waals surface area contributed by atoms with E-state index in [1.807, 2.05) is 61.5 Å². The van der Waals surface area contributed by atoms with Crippen LogP contribution >= 0.6 is 31.9 Å². The number of halogens is 2. The number of amides is 1. The van der Waals surface area contributed by atoms with Crippen LogP contribution in [0.5, 0.6) is 11.5 Å². The maximum Gasteiger partial charge on any atom is 0.255 e. The highest BCUT2D eigenvalue weighted by atomic mass is 79.9. The van der Waals surface area contributed by atoms with Gasteiger partial charge in [-0.2, -0.15) is 0 Å². The summed E-state index contributed by atoms with van der Waals surface area (Å²) in [6.07, 6.45) is 0. The van der Waals surface area contributed by atoms with E-state index in [1.165, 1.54) is 0 Å². The zero-order valence-corrected chi connectivity index (χ0v) is 18.4. The van der Waals surface area contributed by atoms with Crippen molar-refractivity contribution >= 4 is 43.5 Å². The fourth-order valence-corrected chi connectivity index (χ4v) is 3.55. The van der Waals surface area contributed by atoms with E-state index in [4.69, 9.17) is 9.47 Å². The third kappa shape index (κ3) is 5.36. The van der Waals surface area contributed by atoms with E-state index in [9.17, 15) is 4.79 Å². The first-order valence-electron chi connectivity index (χ1n) is 8.77. The number of hydrogen-bond donors (Lipinski definition) is 1. The Morgan fingerprint density at radius 1 is 0.964 bits per heavy atom. The number of anilines is 1. The van der Waals surface area contributed by atoms with Gasteiger partial charge < -0.3 is 14.8 Å². The lowest BCUT2D eigenvalue weighted by molar-refractivity contribution is 0.102. The molecule has 1 N–H and O–H groups in total. The molecule has 0 saturated carbocycles. The fourth-order valence-electron chi connectivity index (χ4n) is 2.60. The number of carbonyl (C=O) groups is 1. The van der Waals surface area contributed by atoms with Crippen LogP contribution in [-0.2, 0) is 6.61 Å². The lowest BCUT2D eigenvalue weighted by atomic mass is 10.1. The monoisotopic (exact) mass is 503 g/mol. The van der Waals surface area contributed by atoms with Gasteiger partial charge in [-0.1, -0.05) is 52.3 Å². The molecule has 0 aliphatic rings. The van der Waals surface area contributed by atoms with E-state index in [0.717, 1.165) is 10.0 Å². The number of carbonyl (C=O) groups excluding carboxylic acids is 1. The third-order valence-corrected chi connectivity index (χ3v) is 4.96. The average Bonchev–Trinajstić information content (AvgIpc) is 2.69. The quantitative estimate of drug-likeness (QED) is 0.402. The van der Waals surface area contributed by atoms with Gasteiger partial charge >= 0.3 is 0 Å². The molecular weight excluding hydrogens is 486 g/mol. The van der Waals surface area contributed by atoms with Gasteiger partial charge in [-0.05, 0) is 58.7 Å². The van der Waals surface area contributed by atoms with E-state index in [-0.39, 0.29) is 5.91 Å². The number of rotatable bonds is 7. The maximum atomic E-state index is 12.7. The summed E-state index contributed by atoms with van der Waals surface area (Å²) in [4.78, 5) is 12.7. The Hall–Kier alpha value is -2.31. The van der Waals surface area contributed by atoms with Gasteiger partial charge in [0, 0.05) is 15.7 Å². The van der Waals surface area contributed by atoms with Gasteiger partial charge in [0.1, 0.15) is 6.61 Å². The van der Waals surface area contributed by atoms with E-state index in [1.54, 1.807) is 12.1 Å². The Balaban J connectivity index is 1.85. The second-order valence-corrected chi connectivity index (χ2v) is 7.73. The lowest BCUT2D eigenvalue weighted by Gasteiger charge is -2.15. The number of nitrogens with one attached hydrogen (secondary N) is 1. The second-order valence-electron chi connectivity index (χ2n) is 5.96. The summed E-state index contributed by atoms with van der Waals surface area (Å²) in [5.74, 6) is 0.864. The van der Waals surface area contributed by atoms with Gasteiger partial charge in [0.25, 0.3) is 5.91 Å². The summed E-state index contributed by atoms with van der Waals surface area (Å²) >= 11 is 6.90. The predicted octanol–water partition coefficient (Wildman–Crippen LogP) is 6.44. The average molecular weight is 505 g/mol. The molecule has 28 heavy (non-hydrogen) atoms. The molecule has 0 radical (unpaired) electrons. The lowest BCUT2D eigenvalue weighted by Crippen LogP contribution is -2.12. The normalized spacial score (nSPS) is 10.4. The van der Waals surface area contributed by atoms with Crippen LogP contribution in [0.4, 0.5) is 5.69 Å². The van der Waals surface area contributed by atoms with Crippen molar-refractivity contribution in [2.45, 2.75) is 13.5 Å². The van der Waals surface area contributed by atoms with Crippen molar-refractivity contribution < 1.29 is 14.3 Å². The third-order valence-electron chi connectivity index (χ3n) is 3.88. The Kier molecular flexibility index (Phi) is 7.12. The summed E-state index contributed by atoms with van der Waals surface area (Å²) in [6.45, 7) is 2.77. The minimum Gasteiger partial charge on any atom is -0.489 e. The first-order valence-corrected chi connectivity index (χ1v) is 10.4. The molecule has 0 heterocycles. The largest absolute Gasteiger partial charge is 0.489 e. The molecule has 0 unspecified atom stereocenters. The fraction of sp³-hybridized carbons (Fsp3) is 0.136. The molecule has 144 valence electrons. The minimum absolute atomic E-state index is 0.230. The topological polar surface area (TPSA) is 47.6 Å². The summed E-state index contributed by atoms with van der Waals surface area (Å²) < 4.78 is 13.2. The Labute approximate surface area is 181 Å². The van der Waals surface area contributed by atoms with E-state index < -0.39 is 0 Å². The maximum absolute atomic E-state index is 12.7. The van der Waals surface area contributed by atoms with Gasteiger partial charge in [0.15, 0.2) is 11.5 Å². The van der Waals surface area contributed by atoms with Crippen molar-refractivity contribution in [2.75, 3.05) is 11.9 Å². The summed E-state index contributed by atoms with van der Waals surface area (Å²) in [5, 5.41) is 2.89. The highest BCUT2D eigenvalue weighted by molar-refractivity contribution is 9.10. The van der Waals surface area contributed by atoms with Crippen molar-refractivity contribution in [1.29, 1.82) is 0 Å². The molecule has 0 bridgehead atoms. The van der Waals surface area contributed by atoms with Gasteiger partial charge in [-0.15, -0.1) is 0 Å². The van der Waals surface area contributed by atoms with Crippen LogP contribution in [0.3, 0.4) is 0 Å². The van der Waals surface area contributed by atoms with Crippen LogP contribution in [0.2, 0.25) is 0 Å². The Morgan fingerprint density at radius 2 is 1.75 bits per heavy atom. The highest BCUT2D eigenvalue weighted by Crippen LogP contribution is 2.37. The highest BCUT2D eigenvalue weighted by Gasteiger charge is 2.16. The van der Waals surface area contributed by atoms with Gasteiger partial charge in [-0.25, -0.2) is 0 Å². The molecule has 3 rings (SSSR count). The predicted molar refractivity (Wildman–Crippen MR) is 118 cm³/mol. The SMILES string of the molecule is CCOc1c(Br)cc(C(=O)Nc2cccc(Br)c2)cc1OCc1ccccc1. The molecular formula is C22H19Br2NO3. The molecule has 0 atom stereocenters. The summed E-state index contributed by atoms with van der Waals surface area (Å²) in [7, 11) is 0. The molecule has 0 saturated heterocycles. The minimum atomic E-state index is -0.230. The van der Waals surface area contributed by atoms with Crippen LogP contribution in [0.25, 0.3) is 0 Å². The van der Waals surface area contributed by atoms with E-state index in [0.29, 0.717) is 40.4 Å². The van der Waals surface area contributed by atoms with Crippen molar-refractivity contribution in [3.8, 4) is 11.5 Å². The molecule has 3 aromatic carbocycles. The molecule has 0 aliphatic heterocycles. The smallest absolute Gasteiger partial charge is 0.255 e. The Bertz CT molecular complexity index is 961. The number of ether oxygens (including phenoxy) is 2. The van der Waals surface area contributed by atoms with Gasteiger partial charge in [-0.3, -0.25) is 4.79 Å². The molecule has 3 aromatic rings. The first-order chi connectivity index (χ1) is 13.6. The van der Waals surface area contributed by atoms with Gasteiger partial charge in [0.2, 0.25) is 0 Å². The van der Waals surface area contributed by atoms with Crippen LogP contribution in [0.1, 0.15) is 22.8 Å². The molecule has 0 aliphatic carbocycles. The molecule has 0 aromatic heterocycles. The second kappa shape index (κ2) is 9.75. The Morgan fingerprint density at radius 3 is 2.46 bits per heavy atom. The van der Waals surface area contributed by atoms with Crippen LogP contribution in [0.15, 0.2) is 75.7 Å². The van der Waals surface area contributed by atoms with Crippen molar-refractivity contribution in [1.82, 2.24) is 0 Å². The van der Waals surface area contributed by atoms with Crippen LogP contribution < -0.4 is 14.8 Å². The van der Waals surface area contributed by atoms with E-state index >= 15 is 0 Å². The van der Waals surface area contributed by atoms with Crippen molar-refractivity contribution in [2.24, 2.45) is 0 Å². The number of hydrogen-bond acceptors (Lipinski definition) is 3. The molecule has 0 spiro atoms. The van der Waals surface area contributed by atoms with Crippen molar-refractivity contribution in [3.63, 3.8) is 0 Å². The van der Waals surface area contributed by atoms with Crippen molar-refractivity contribution in [3.05, 3.63) is 86.8 Å². The molecule has 0 fully saturated rings. The van der Waals surface area contributed by atoms with Crippen LogP contribution in [0, 0.1) is 0 Å². The zero-order valence-electron chi connectivity index (χ0n) is 15.2. The van der Waals surface area contributed by atoms with E-state index in [2.05, 4.69) is 37.2 Å². The zero-order chi connectivity index (χ0) is 19.9. The molecule has 4 nitrogen and oxygen atoms in total. The number of benzene rings is 3. The van der Waals surface area contributed by atoms with Gasteiger partial charge in [0.05, 0.1) is 11.1 Å². The first kappa shape index (κ1) is 20.4. The summed E-state index contributed by atoms with van der Waals surface area (Å²) in [5.41, 5.74) is 2.21. The molecule has 1 amide bonds. The molecule has 6 heteroatoms.